The van der Waals surface area contributed by atoms with Crippen molar-refractivity contribution in [2.45, 2.75) is 66.2 Å². The molecule has 0 aromatic rings. The maximum Gasteiger partial charge on any atom is 0.140 e. The van der Waals surface area contributed by atoms with Crippen molar-refractivity contribution in [1.29, 1.82) is 0 Å². The first-order valence-electron chi connectivity index (χ1n) is 10.7. The van der Waals surface area contributed by atoms with Gasteiger partial charge in [-0.1, -0.05) is 39.8 Å². The topological polar surface area (TPSA) is 52.6 Å². The van der Waals surface area contributed by atoms with Gasteiger partial charge in [0.15, 0.2) is 0 Å². The van der Waals surface area contributed by atoms with Crippen molar-refractivity contribution in [3.05, 3.63) is 35.8 Å². The molecule has 2 rings (SSSR count). The molecular weight excluding hydrogens is 352 g/mol. The summed E-state index contributed by atoms with van der Waals surface area (Å²) < 4.78 is 11.6. The maximum atomic E-state index is 12.2. The summed E-state index contributed by atoms with van der Waals surface area (Å²) in [6.45, 7) is 9.87. The van der Waals surface area contributed by atoms with Crippen molar-refractivity contribution in [2.24, 2.45) is 23.7 Å². The van der Waals surface area contributed by atoms with Crippen molar-refractivity contribution >= 4 is 11.6 Å². The average molecular weight is 389 g/mol. The van der Waals surface area contributed by atoms with Gasteiger partial charge in [-0.15, -0.1) is 0 Å². The minimum Gasteiger partial charge on any atom is -0.498 e. The Morgan fingerprint density at radius 3 is 1.54 bits per heavy atom. The lowest BCUT2D eigenvalue weighted by Crippen LogP contribution is -2.19. The molecule has 28 heavy (non-hydrogen) atoms. The molecule has 0 aromatic heterocycles. The molecule has 0 radical (unpaired) electrons. The van der Waals surface area contributed by atoms with Gasteiger partial charge >= 0.3 is 0 Å². The summed E-state index contributed by atoms with van der Waals surface area (Å²) in [6, 6.07) is 0. The zero-order valence-corrected chi connectivity index (χ0v) is 17.9. The average Bonchev–Trinajstić information content (AvgIpc) is 2.65. The number of hydrogen-bond acceptors (Lipinski definition) is 4. The lowest BCUT2D eigenvalue weighted by atomic mass is 9.88. The van der Waals surface area contributed by atoms with Gasteiger partial charge in [-0.05, 0) is 36.8 Å². The zero-order chi connectivity index (χ0) is 20.5. The number of hydrogen-bond donors (Lipinski definition) is 0. The fourth-order valence-electron chi connectivity index (χ4n) is 3.34. The van der Waals surface area contributed by atoms with Gasteiger partial charge in [0.2, 0.25) is 0 Å². The molecule has 0 aliphatic heterocycles. The summed E-state index contributed by atoms with van der Waals surface area (Å²) >= 11 is 0. The number of ketones is 2. The Morgan fingerprint density at radius 2 is 1.18 bits per heavy atom. The molecule has 2 aliphatic rings. The molecule has 0 fully saturated rings. The van der Waals surface area contributed by atoms with Crippen LogP contribution in [0.3, 0.4) is 0 Å². The first kappa shape index (κ1) is 22.4. The van der Waals surface area contributed by atoms with E-state index in [2.05, 4.69) is 27.7 Å². The Kier molecular flexibility index (Phi) is 9.01. The maximum absolute atomic E-state index is 12.2. The molecule has 0 bridgehead atoms. The van der Waals surface area contributed by atoms with Crippen LogP contribution in [0.4, 0.5) is 0 Å². The fraction of sp³-hybridized carbons (Fsp3) is 0.667. The van der Waals surface area contributed by atoms with Crippen LogP contribution < -0.4 is 0 Å². The Labute approximate surface area is 170 Å². The second kappa shape index (κ2) is 11.2. The Morgan fingerprint density at radius 1 is 0.786 bits per heavy atom. The van der Waals surface area contributed by atoms with Crippen molar-refractivity contribution in [3.8, 4) is 0 Å². The summed E-state index contributed by atoms with van der Waals surface area (Å²) in [5.74, 6) is 3.20. The Bertz CT molecular complexity index is 571. The van der Waals surface area contributed by atoms with E-state index in [-0.39, 0.29) is 23.4 Å². The highest BCUT2D eigenvalue weighted by atomic mass is 16.5. The van der Waals surface area contributed by atoms with E-state index < -0.39 is 0 Å². The molecule has 0 spiro atoms. The third-order valence-corrected chi connectivity index (χ3v) is 4.99. The number of Topliss-reactive ketones (excluding diaryl/α,β-unsaturated/α-hetero) is 2. The zero-order valence-electron chi connectivity index (χ0n) is 17.9. The highest BCUT2D eigenvalue weighted by molar-refractivity contribution is 5.84. The van der Waals surface area contributed by atoms with Crippen LogP contribution >= 0.6 is 0 Å². The van der Waals surface area contributed by atoms with Gasteiger partial charge in [0.05, 0.1) is 24.7 Å². The van der Waals surface area contributed by atoms with Gasteiger partial charge in [-0.2, -0.15) is 0 Å². The molecule has 2 aliphatic carbocycles. The normalized spacial score (nSPS) is 23.4. The van der Waals surface area contributed by atoms with Crippen molar-refractivity contribution in [1.82, 2.24) is 0 Å². The monoisotopic (exact) mass is 388 g/mol. The van der Waals surface area contributed by atoms with Gasteiger partial charge < -0.3 is 9.47 Å². The van der Waals surface area contributed by atoms with Crippen molar-refractivity contribution < 1.29 is 19.1 Å². The van der Waals surface area contributed by atoms with Crippen LogP contribution in [0.2, 0.25) is 0 Å². The van der Waals surface area contributed by atoms with E-state index in [1.165, 1.54) is 0 Å². The van der Waals surface area contributed by atoms with Crippen LogP contribution in [0.15, 0.2) is 35.8 Å². The van der Waals surface area contributed by atoms with E-state index in [1.54, 1.807) is 0 Å². The second-order valence-corrected chi connectivity index (χ2v) is 8.76. The summed E-state index contributed by atoms with van der Waals surface area (Å²) in [7, 11) is 0. The van der Waals surface area contributed by atoms with Crippen molar-refractivity contribution in [2.75, 3.05) is 13.2 Å². The van der Waals surface area contributed by atoms with E-state index in [1.807, 2.05) is 24.3 Å². The molecule has 4 heteroatoms. The molecule has 0 saturated heterocycles. The number of rotatable bonds is 10. The van der Waals surface area contributed by atoms with Gasteiger partial charge in [0, 0.05) is 37.5 Å². The highest BCUT2D eigenvalue weighted by Crippen LogP contribution is 2.26. The lowest BCUT2D eigenvalue weighted by molar-refractivity contribution is -0.123. The third-order valence-electron chi connectivity index (χ3n) is 4.99. The number of ether oxygens (including phenoxy) is 2. The standard InChI is InChI=1S/C24H36O4/c1-17(2)15-27-21-9-11-23(25)19(13-21)7-5-6-8-20-14-22(10-12-24(20)26)28-16-18(3)4/h5-6,13-14,17-20H,7-12,15-16H2,1-4H3/b6-5-/t19-,20-/m0/s1. The molecule has 0 N–H and O–H groups in total. The summed E-state index contributed by atoms with van der Waals surface area (Å²) in [5, 5.41) is 0. The van der Waals surface area contributed by atoms with Gasteiger partial charge in [0.1, 0.15) is 11.6 Å². The summed E-state index contributed by atoms with van der Waals surface area (Å²) in [4.78, 5) is 24.4. The van der Waals surface area contributed by atoms with Gasteiger partial charge in [-0.3, -0.25) is 9.59 Å². The van der Waals surface area contributed by atoms with E-state index in [0.717, 1.165) is 11.5 Å². The van der Waals surface area contributed by atoms with Crippen LogP contribution in [0.5, 0.6) is 0 Å². The highest BCUT2D eigenvalue weighted by Gasteiger charge is 2.23. The van der Waals surface area contributed by atoms with Crippen LogP contribution in [-0.4, -0.2) is 24.8 Å². The van der Waals surface area contributed by atoms with E-state index in [0.29, 0.717) is 63.6 Å². The molecule has 0 aromatic carbocycles. The number of carbonyl (C=O) groups excluding carboxylic acids is 2. The summed E-state index contributed by atoms with van der Waals surface area (Å²) in [6.07, 6.45) is 11.9. The van der Waals surface area contributed by atoms with Gasteiger partial charge in [-0.25, -0.2) is 0 Å². The minimum atomic E-state index is -0.102. The quantitative estimate of drug-likeness (QED) is 0.471. The predicted octanol–water partition coefficient (Wildman–Crippen LogP) is 5.39. The predicted molar refractivity (Wildman–Crippen MR) is 112 cm³/mol. The SMILES string of the molecule is CC(C)COC1=C[C@H](C/C=C\C[C@H]2C=C(OCC(C)C)CCC2=O)C(=O)CC1. The molecule has 156 valence electrons. The van der Waals surface area contributed by atoms with Crippen LogP contribution in [0.1, 0.15) is 66.2 Å². The fourth-order valence-corrected chi connectivity index (χ4v) is 3.34. The van der Waals surface area contributed by atoms with E-state index >= 15 is 0 Å². The van der Waals surface area contributed by atoms with Crippen LogP contribution in [-0.2, 0) is 19.1 Å². The molecule has 2 atom stereocenters. The molecular formula is C24H36O4. The van der Waals surface area contributed by atoms with E-state index in [9.17, 15) is 9.59 Å². The third kappa shape index (κ3) is 7.65. The second-order valence-electron chi connectivity index (χ2n) is 8.76. The minimum absolute atomic E-state index is 0.102. The number of carbonyl (C=O) groups is 2. The van der Waals surface area contributed by atoms with Gasteiger partial charge in [0.25, 0.3) is 0 Å². The Balaban J connectivity index is 1.85. The van der Waals surface area contributed by atoms with Crippen molar-refractivity contribution in [3.63, 3.8) is 0 Å². The molecule has 0 heterocycles. The number of allylic oxidation sites excluding steroid dienone is 6. The lowest BCUT2D eigenvalue weighted by Gasteiger charge is -2.21. The van der Waals surface area contributed by atoms with Crippen LogP contribution in [0, 0.1) is 23.7 Å². The Hall–Kier alpha value is -1.84. The molecule has 4 nitrogen and oxygen atoms in total. The smallest absolute Gasteiger partial charge is 0.140 e. The molecule has 0 saturated carbocycles. The summed E-state index contributed by atoms with van der Waals surface area (Å²) in [5.41, 5.74) is 0. The first-order valence-corrected chi connectivity index (χ1v) is 10.7. The van der Waals surface area contributed by atoms with Crippen LogP contribution in [0.25, 0.3) is 0 Å². The molecule has 0 amide bonds. The molecule has 0 unspecified atom stereocenters. The largest absolute Gasteiger partial charge is 0.498 e. The van der Waals surface area contributed by atoms with E-state index in [4.69, 9.17) is 9.47 Å². The first-order chi connectivity index (χ1) is 13.3.